The van der Waals surface area contributed by atoms with Crippen LogP contribution in [0.25, 0.3) is 0 Å². The molecule has 1 aromatic rings. The number of aliphatic carboxylic acids is 1. The molecule has 0 amide bonds. The Morgan fingerprint density at radius 3 is 2.47 bits per heavy atom. The van der Waals surface area contributed by atoms with E-state index < -0.39 is 5.97 Å². The van der Waals surface area contributed by atoms with Crippen LogP contribution in [0.5, 0.6) is 0 Å². The van der Waals surface area contributed by atoms with Gasteiger partial charge in [-0.1, -0.05) is 0 Å². The van der Waals surface area contributed by atoms with Crippen LogP contribution in [0.3, 0.4) is 0 Å². The predicted molar refractivity (Wildman–Crippen MR) is 59.6 cm³/mol. The molecule has 3 nitrogen and oxygen atoms in total. The van der Waals surface area contributed by atoms with Crippen LogP contribution in [0.4, 0.5) is 0 Å². The number of carboxylic acids is 1. The van der Waals surface area contributed by atoms with E-state index in [1.807, 2.05) is 19.9 Å². The van der Waals surface area contributed by atoms with E-state index in [1.165, 1.54) is 11.3 Å². The van der Waals surface area contributed by atoms with Gasteiger partial charge in [0.05, 0.1) is 4.88 Å². The van der Waals surface area contributed by atoms with Crippen LogP contribution in [0, 0.1) is 13.8 Å². The Balaban J connectivity index is 2.54. The standard InChI is InChI=1S/C11H14O3S/c1-7-6-8(2)15-11(7)9(12)4-3-5-10(13)14/h6H,3-5H2,1-2H3,(H,13,14). The fourth-order valence-corrected chi connectivity index (χ4v) is 2.43. The third-order valence-corrected chi connectivity index (χ3v) is 3.28. The van der Waals surface area contributed by atoms with E-state index in [9.17, 15) is 9.59 Å². The summed E-state index contributed by atoms with van der Waals surface area (Å²) in [4.78, 5) is 23.9. The maximum Gasteiger partial charge on any atom is 0.303 e. The third-order valence-electron chi connectivity index (χ3n) is 2.09. The molecule has 0 bridgehead atoms. The highest BCUT2D eigenvalue weighted by molar-refractivity contribution is 7.14. The van der Waals surface area contributed by atoms with Crippen molar-refractivity contribution in [2.45, 2.75) is 33.1 Å². The Bertz CT molecular complexity index is 379. The highest BCUT2D eigenvalue weighted by Crippen LogP contribution is 2.22. The van der Waals surface area contributed by atoms with Crippen molar-refractivity contribution in [1.82, 2.24) is 0 Å². The first-order valence-corrected chi connectivity index (χ1v) is 5.64. The van der Waals surface area contributed by atoms with Crippen LogP contribution in [0.2, 0.25) is 0 Å². The Hall–Kier alpha value is -1.16. The zero-order valence-electron chi connectivity index (χ0n) is 8.87. The van der Waals surface area contributed by atoms with Gasteiger partial charge in [-0.05, 0) is 31.9 Å². The Kier molecular flexibility index (Phi) is 4.03. The van der Waals surface area contributed by atoms with Gasteiger partial charge in [0.25, 0.3) is 0 Å². The van der Waals surface area contributed by atoms with Crippen molar-refractivity contribution in [3.63, 3.8) is 0 Å². The minimum absolute atomic E-state index is 0.0619. The number of ketones is 1. The maximum absolute atomic E-state index is 11.7. The highest BCUT2D eigenvalue weighted by Gasteiger charge is 2.12. The van der Waals surface area contributed by atoms with Gasteiger partial charge in [0.15, 0.2) is 5.78 Å². The lowest BCUT2D eigenvalue weighted by atomic mass is 10.1. The summed E-state index contributed by atoms with van der Waals surface area (Å²) < 4.78 is 0. The molecule has 0 radical (unpaired) electrons. The average molecular weight is 226 g/mol. The van der Waals surface area contributed by atoms with E-state index in [1.54, 1.807) is 0 Å². The molecule has 1 N–H and O–H groups in total. The van der Waals surface area contributed by atoms with Gasteiger partial charge >= 0.3 is 5.97 Å². The molecule has 0 aliphatic carbocycles. The number of hydrogen-bond acceptors (Lipinski definition) is 3. The molecule has 0 atom stereocenters. The largest absolute Gasteiger partial charge is 0.481 e. The highest BCUT2D eigenvalue weighted by atomic mass is 32.1. The second-order valence-electron chi connectivity index (χ2n) is 3.54. The van der Waals surface area contributed by atoms with E-state index >= 15 is 0 Å². The van der Waals surface area contributed by atoms with Crippen molar-refractivity contribution in [1.29, 1.82) is 0 Å². The summed E-state index contributed by atoms with van der Waals surface area (Å²) in [6, 6.07) is 1.98. The zero-order valence-corrected chi connectivity index (χ0v) is 9.69. The lowest BCUT2D eigenvalue weighted by molar-refractivity contribution is -0.137. The summed E-state index contributed by atoms with van der Waals surface area (Å²) in [5, 5.41) is 8.45. The minimum Gasteiger partial charge on any atom is -0.481 e. The number of carbonyl (C=O) groups is 2. The lowest BCUT2D eigenvalue weighted by Crippen LogP contribution is -2.01. The van der Waals surface area contributed by atoms with Crippen LogP contribution >= 0.6 is 11.3 Å². The van der Waals surface area contributed by atoms with Crippen molar-refractivity contribution >= 4 is 23.1 Å². The number of aryl methyl sites for hydroxylation is 2. The van der Waals surface area contributed by atoms with Crippen LogP contribution in [0.15, 0.2) is 6.07 Å². The molecule has 0 unspecified atom stereocenters. The monoisotopic (exact) mass is 226 g/mol. The molecule has 1 rings (SSSR count). The molecule has 0 aliphatic heterocycles. The van der Waals surface area contributed by atoms with Crippen LogP contribution in [-0.4, -0.2) is 16.9 Å². The molecule has 0 aliphatic rings. The summed E-state index contributed by atoms with van der Waals surface area (Å²) in [5.41, 5.74) is 0.998. The van der Waals surface area contributed by atoms with Crippen molar-refractivity contribution < 1.29 is 14.7 Å². The van der Waals surface area contributed by atoms with E-state index in [0.717, 1.165) is 15.3 Å². The number of rotatable bonds is 5. The summed E-state index contributed by atoms with van der Waals surface area (Å²) in [6.45, 7) is 3.87. The van der Waals surface area contributed by atoms with Gasteiger partial charge in [-0.3, -0.25) is 9.59 Å². The van der Waals surface area contributed by atoms with Gasteiger partial charge in [-0.15, -0.1) is 11.3 Å². The van der Waals surface area contributed by atoms with E-state index in [-0.39, 0.29) is 12.2 Å². The van der Waals surface area contributed by atoms with Crippen LogP contribution < -0.4 is 0 Å². The normalized spacial score (nSPS) is 10.3. The zero-order chi connectivity index (χ0) is 11.4. The summed E-state index contributed by atoms with van der Waals surface area (Å²) in [5.74, 6) is -0.784. The van der Waals surface area contributed by atoms with Gasteiger partial charge in [0.2, 0.25) is 0 Å². The second-order valence-corrected chi connectivity index (χ2v) is 4.80. The van der Waals surface area contributed by atoms with E-state index in [4.69, 9.17) is 5.11 Å². The molecule has 82 valence electrons. The molecule has 0 spiro atoms. The van der Waals surface area contributed by atoms with Gasteiger partial charge in [-0.25, -0.2) is 0 Å². The average Bonchev–Trinajstić information content (AvgIpc) is 2.44. The number of thiophene rings is 1. The van der Waals surface area contributed by atoms with Crippen molar-refractivity contribution in [3.05, 3.63) is 21.4 Å². The lowest BCUT2D eigenvalue weighted by Gasteiger charge is -1.97. The molecule has 0 fully saturated rings. The maximum atomic E-state index is 11.7. The van der Waals surface area contributed by atoms with Gasteiger partial charge in [0.1, 0.15) is 0 Å². The van der Waals surface area contributed by atoms with E-state index in [0.29, 0.717) is 12.8 Å². The number of hydrogen-bond donors (Lipinski definition) is 1. The molecule has 0 aromatic carbocycles. The molecule has 1 heterocycles. The van der Waals surface area contributed by atoms with Gasteiger partial charge in [0, 0.05) is 17.7 Å². The van der Waals surface area contributed by atoms with Crippen molar-refractivity contribution in [3.8, 4) is 0 Å². The first kappa shape index (κ1) is 11.9. The molecule has 0 saturated heterocycles. The topological polar surface area (TPSA) is 54.4 Å². The molecule has 15 heavy (non-hydrogen) atoms. The Morgan fingerprint density at radius 1 is 1.33 bits per heavy atom. The Morgan fingerprint density at radius 2 is 2.00 bits per heavy atom. The summed E-state index contributed by atoms with van der Waals surface area (Å²) >= 11 is 1.48. The third kappa shape index (κ3) is 3.47. The smallest absolute Gasteiger partial charge is 0.303 e. The fraction of sp³-hybridized carbons (Fsp3) is 0.455. The van der Waals surface area contributed by atoms with Crippen LogP contribution in [0.1, 0.15) is 39.4 Å². The molecular formula is C11H14O3S. The first-order chi connectivity index (χ1) is 7.00. The molecular weight excluding hydrogens is 212 g/mol. The number of Topliss-reactive ketones (excluding diaryl/α,β-unsaturated/α-hetero) is 1. The SMILES string of the molecule is Cc1cc(C)c(C(=O)CCCC(=O)O)s1. The quantitative estimate of drug-likeness (QED) is 0.785. The molecule has 0 saturated carbocycles. The molecule has 4 heteroatoms. The van der Waals surface area contributed by atoms with Gasteiger partial charge < -0.3 is 5.11 Å². The van der Waals surface area contributed by atoms with Crippen molar-refractivity contribution in [2.75, 3.05) is 0 Å². The Labute approximate surface area is 92.7 Å². The number of carbonyl (C=O) groups excluding carboxylic acids is 1. The molecule has 1 aromatic heterocycles. The van der Waals surface area contributed by atoms with Crippen LogP contribution in [-0.2, 0) is 4.79 Å². The second kappa shape index (κ2) is 5.07. The number of carboxylic acid groups (broad SMARTS) is 1. The summed E-state index contributed by atoms with van der Waals surface area (Å²) in [7, 11) is 0. The first-order valence-electron chi connectivity index (χ1n) is 4.82. The predicted octanol–water partition coefficient (Wildman–Crippen LogP) is 2.80. The summed E-state index contributed by atoms with van der Waals surface area (Å²) in [6.07, 6.45) is 0.812. The van der Waals surface area contributed by atoms with Crippen molar-refractivity contribution in [2.24, 2.45) is 0 Å². The van der Waals surface area contributed by atoms with Gasteiger partial charge in [-0.2, -0.15) is 0 Å². The van der Waals surface area contributed by atoms with E-state index in [2.05, 4.69) is 0 Å². The fourth-order valence-electron chi connectivity index (χ4n) is 1.43. The minimum atomic E-state index is -0.845.